The van der Waals surface area contributed by atoms with Crippen LogP contribution in [0.2, 0.25) is 0 Å². The van der Waals surface area contributed by atoms with Gasteiger partial charge in [-0.3, -0.25) is 5.43 Å². The number of hydrazone groups is 1. The Bertz CT molecular complexity index is 1280. The van der Waals surface area contributed by atoms with Gasteiger partial charge in [0, 0.05) is 12.3 Å². The zero-order valence-electron chi connectivity index (χ0n) is 16.7. The number of hydrogen-bond donors (Lipinski definition) is 1. The van der Waals surface area contributed by atoms with E-state index in [-0.39, 0.29) is 9.79 Å². The number of rotatable bonds is 7. The summed E-state index contributed by atoms with van der Waals surface area (Å²) in [5.74, 6) is 0.477. The van der Waals surface area contributed by atoms with Crippen LogP contribution in [-0.2, 0) is 19.7 Å². The van der Waals surface area contributed by atoms with Gasteiger partial charge >= 0.3 is 0 Å². The monoisotopic (exact) mass is 446 g/mol. The molecule has 0 spiro atoms. The van der Waals surface area contributed by atoms with Gasteiger partial charge in [0.2, 0.25) is 0 Å². The molecule has 3 aromatic rings. The van der Waals surface area contributed by atoms with E-state index in [9.17, 15) is 16.8 Å². The molecule has 158 valence electrons. The Kier molecular flexibility index (Phi) is 6.09. The fourth-order valence-electron chi connectivity index (χ4n) is 2.68. The molecule has 0 saturated carbocycles. The highest BCUT2D eigenvalue weighted by molar-refractivity contribution is 7.92. The summed E-state index contributed by atoms with van der Waals surface area (Å²) in [5.41, 5.74) is 3.97. The lowest BCUT2D eigenvalue weighted by atomic mass is 10.2. The van der Waals surface area contributed by atoms with E-state index in [2.05, 4.69) is 15.6 Å². The van der Waals surface area contributed by atoms with E-state index >= 15 is 0 Å². The molecule has 0 atom stereocenters. The molecule has 10 heteroatoms. The quantitative estimate of drug-likeness (QED) is 0.441. The van der Waals surface area contributed by atoms with Crippen molar-refractivity contribution in [2.45, 2.75) is 28.9 Å². The first kappa shape index (κ1) is 21.7. The molecular weight excluding hydrogens is 424 g/mol. The molecule has 0 aliphatic rings. The Labute approximate surface area is 176 Å². The van der Waals surface area contributed by atoms with Crippen LogP contribution in [-0.4, -0.2) is 44.3 Å². The first-order valence-corrected chi connectivity index (χ1v) is 12.5. The topological polar surface area (TPSA) is 110 Å². The van der Waals surface area contributed by atoms with Gasteiger partial charge < -0.3 is 0 Å². The molecule has 0 saturated heterocycles. The molecule has 8 nitrogen and oxygen atoms in total. The number of hydrogen-bond acceptors (Lipinski definition) is 7. The number of nitrogens with one attached hydrogen (secondary N) is 1. The fourth-order valence-corrected chi connectivity index (χ4v) is 4.53. The van der Waals surface area contributed by atoms with Gasteiger partial charge in [-0.1, -0.05) is 24.3 Å². The van der Waals surface area contributed by atoms with Gasteiger partial charge in [-0.15, -0.1) is 0 Å². The van der Waals surface area contributed by atoms with Gasteiger partial charge in [0.15, 0.2) is 19.7 Å². The molecule has 0 fully saturated rings. The zero-order chi connectivity index (χ0) is 21.9. The van der Waals surface area contributed by atoms with Crippen molar-refractivity contribution in [2.75, 3.05) is 11.7 Å². The molecule has 0 unspecified atom stereocenters. The van der Waals surface area contributed by atoms with Crippen LogP contribution in [0, 0.1) is 0 Å². The van der Waals surface area contributed by atoms with Crippen molar-refractivity contribution in [2.24, 2.45) is 5.10 Å². The number of aromatic nitrogens is 2. The van der Waals surface area contributed by atoms with E-state index < -0.39 is 24.9 Å². The highest BCUT2D eigenvalue weighted by Crippen LogP contribution is 2.25. The molecule has 0 aliphatic carbocycles. The predicted octanol–water partition coefficient (Wildman–Crippen LogP) is 2.90. The Morgan fingerprint density at radius 2 is 1.67 bits per heavy atom. The second kappa shape index (κ2) is 8.41. The summed E-state index contributed by atoms with van der Waals surface area (Å²) < 4.78 is 50.0. The zero-order valence-corrected chi connectivity index (χ0v) is 18.4. The SMILES string of the molecule is CC(C)S(=O)(=O)c1ccccc1-n1nccc1N/N=C/c1ccc(S(C)(=O)=O)cc1. The number of para-hydroxylation sites is 1. The molecule has 3 rings (SSSR count). The molecule has 0 radical (unpaired) electrons. The maximum absolute atomic E-state index is 12.7. The Hall–Kier alpha value is -2.98. The van der Waals surface area contributed by atoms with Gasteiger partial charge in [0.25, 0.3) is 0 Å². The minimum absolute atomic E-state index is 0.187. The third-order valence-corrected chi connectivity index (χ3v) is 7.69. The summed E-state index contributed by atoms with van der Waals surface area (Å²) in [6.45, 7) is 3.27. The summed E-state index contributed by atoms with van der Waals surface area (Å²) in [6, 6.07) is 14.6. The van der Waals surface area contributed by atoms with Crippen molar-refractivity contribution < 1.29 is 16.8 Å². The molecule has 0 aliphatic heterocycles. The van der Waals surface area contributed by atoms with Crippen LogP contribution >= 0.6 is 0 Å². The second-order valence-electron chi connectivity index (χ2n) is 6.90. The van der Waals surface area contributed by atoms with Crippen LogP contribution in [0.3, 0.4) is 0 Å². The summed E-state index contributed by atoms with van der Waals surface area (Å²) in [7, 11) is -6.76. The molecule has 30 heavy (non-hydrogen) atoms. The van der Waals surface area contributed by atoms with E-state index in [0.717, 1.165) is 6.26 Å². The van der Waals surface area contributed by atoms with Gasteiger partial charge in [-0.25, -0.2) is 21.5 Å². The highest BCUT2D eigenvalue weighted by Gasteiger charge is 2.24. The maximum Gasteiger partial charge on any atom is 0.182 e. The normalized spacial score (nSPS) is 12.5. The standard InChI is InChI=1S/C20H22N4O4S2/c1-15(2)30(27,28)19-7-5-4-6-18(19)24-20(12-13-22-24)23-21-14-16-8-10-17(11-9-16)29(3,25)26/h4-15,23H,1-3H3/b21-14+. The van der Waals surface area contributed by atoms with Crippen molar-refractivity contribution in [3.8, 4) is 5.69 Å². The lowest BCUT2D eigenvalue weighted by molar-refractivity contribution is 0.586. The maximum atomic E-state index is 12.7. The van der Waals surface area contributed by atoms with E-state index in [4.69, 9.17) is 0 Å². The van der Waals surface area contributed by atoms with E-state index in [0.29, 0.717) is 17.1 Å². The minimum Gasteiger partial charge on any atom is -0.261 e. The lowest BCUT2D eigenvalue weighted by Gasteiger charge is -2.14. The van der Waals surface area contributed by atoms with E-state index in [1.165, 1.54) is 29.2 Å². The summed E-state index contributed by atoms with van der Waals surface area (Å²) in [6.07, 6.45) is 4.22. The highest BCUT2D eigenvalue weighted by atomic mass is 32.2. The van der Waals surface area contributed by atoms with Gasteiger partial charge in [0.1, 0.15) is 5.82 Å². The van der Waals surface area contributed by atoms with Crippen LogP contribution in [0.1, 0.15) is 19.4 Å². The van der Waals surface area contributed by atoms with Crippen LogP contribution < -0.4 is 5.43 Å². The molecule has 1 N–H and O–H groups in total. The average molecular weight is 447 g/mol. The van der Waals surface area contributed by atoms with Gasteiger partial charge in [0.05, 0.1) is 33.1 Å². The number of sulfone groups is 2. The molecule has 0 bridgehead atoms. The summed E-state index contributed by atoms with van der Waals surface area (Å²) in [5, 5.41) is 7.82. The Balaban J connectivity index is 1.87. The van der Waals surface area contributed by atoms with E-state index in [1.54, 1.807) is 56.3 Å². The van der Waals surface area contributed by atoms with Gasteiger partial charge in [-0.2, -0.15) is 10.2 Å². The minimum atomic E-state index is -3.51. The molecule has 2 aromatic carbocycles. The predicted molar refractivity (Wildman–Crippen MR) is 117 cm³/mol. The Morgan fingerprint density at radius 3 is 2.30 bits per heavy atom. The van der Waals surface area contributed by atoms with Crippen molar-refractivity contribution in [3.63, 3.8) is 0 Å². The number of anilines is 1. The van der Waals surface area contributed by atoms with Crippen LogP contribution in [0.15, 0.2) is 75.7 Å². The first-order valence-electron chi connectivity index (χ1n) is 9.07. The largest absolute Gasteiger partial charge is 0.261 e. The summed E-state index contributed by atoms with van der Waals surface area (Å²) in [4.78, 5) is 0.417. The van der Waals surface area contributed by atoms with Crippen LogP contribution in [0.5, 0.6) is 0 Å². The first-order chi connectivity index (χ1) is 14.1. The smallest absolute Gasteiger partial charge is 0.182 e. The van der Waals surface area contributed by atoms with E-state index in [1.807, 2.05) is 0 Å². The molecule has 1 heterocycles. The average Bonchev–Trinajstić information content (AvgIpc) is 3.16. The van der Waals surface area contributed by atoms with Crippen LogP contribution in [0.25, 0.3) is 5.69 Å². The van der Waals surface area contributed by atoms with Crippen molar-refractivity contribution in [1.29, 1.82) is 0 Å². The molecular formula is C20H22N4O4S2. The second-order valence-corrected chi connectivity index (χ2v) is 11.4. The number of benzene rings is 2. The van der Waals surface area contributed by atoms with Crippen LogP contribution in [0.4, 0.5) is 5.82 Å². The van der Waals surface area contributed by atoms with Gasteiger partial charge in [-0.05, 0) is 43.7 Å². The van der Waals surface area contributed by atoms with Crippen molar-refractivity contribution in [1.82, 2.24) is 9.78 Å². The fraction of sp³-hybridized carbons (Fsp3) is 0.200. The molecule has 1 aromatic heterocycles. The van der Waals surface area contributed by atoms with Crippen molar-refractivity contribution >= 4 is 31.7 Å². The molecule has 0 amide bonds. The lowest BCUT2D eigenvalue weighted by Crippen LogP contribution is -2.17. The van der Waals surface area contributed by atoms with Crippen molar-refractivity contribution in [3.05, 3.63) is 66.4 Å². The third kappa shape index (κ3) is 4.60. The third-order valence-electron chi connectivity index (χ3n) is 4.36. The summed E-state index contributed by atoms with van der Waals surface area (Å²) >= 11 is 0. The number of nitrogens with zero attached hydrogens (tertiary/aromatic N) is 3. The Morgan fingerprint density at radius 1 is 1.00 bits per heavy atom.